The SMILES string of the molecule is Cc1cccc(-c2nnc(CN)o2)c1I. The van der Waals surface area contributed by atoms with Gasteiger partial charge < -0.3 is 10.2 Å². The molecular weight excluding hydrogens is 305 g/mol. The molecule has 1 aromatic carbocycles. The van der Waals surface area contributed by atoms with Gasteiger partial charge in [0.2, 0.25) is 11.8 Å². The summed E-state index contributed by atoms with van der Waals surface area (Å²) in [5, 5.41) is 7.79. The average molecular weight is 315 g/mol. The van der Waals surface area contributed by atoms with Crippen LogP contribution in [0.2, 0.25) is 0 Å². The molecule has 0 radical (unpaired) electrons. The van der Waals surface area contributed by atoms with Crippen LogP contribution in [0.3, 0.4) is 0 Å². The fourth-order valence-corrected chi connectivity index (χ4v) is 1.85. The van der Waals surface area contributed by atoms with Gasteiger partial charge in [-0.15, -0.1) is 10.2 Å². The lowest BCUT2D eigenvalue weighted by atomic mass is 10.1. The number of benzene rings is 1. The van der Waals surface area contributed by atoms with Gasteiger partial charge >= 0.3 is 0 Å². The minimum absolute atomic E-state index is 0.273. The van der Waals surface area contributed by atoms with Crippen molar-refractivity contribution >= 4 is 22.6 Å². The fraction of sp³-hybridized carbons (Fsp3) is 0.200. The molecule has 2 rings (SSSR count). The zero-order chi connectivity index (χ0) is 10.8. The number of rotatable bonds is 2. The first-order chi connectivity index (χ1) is 7.22. The van der Waals surface area contributed by atoms with Crippen LogP contribution in [0.4, 0.5) is 0 Å². The van der Waals surface area contributed by atoms with E-state index in [0.717, 1.165) is 9.13 Å². The van der Waals surface area contributed by atoms with Crippen molar-refractivity contribution in [3.05, 3.63) is 33.2 Å². The maximum atomic E-state index is 5.41. The van der Waals surface area contributed by atoms with Crippen LogP contribution in [0.5, 0.6) is 0 Å². The summed E-state index contributed by atoms with van der Waals surface area (Å²) in [6.45, 7) is 2.32. The van der Waals surface area contributed by atoms with E-state index >= 15 is 0 Å². The Hall–Kier alpha value is -0.950. The Morgan fingerprint density at radius 3 is 2.87 bits per heavy atom. The molecule has 78 valence electrons. The molecule has 2 aromatic rings. The monoisotopic (exact) mass is 315 g/mol. The number of aromatic nitrogens is 2. The Kier molecular flexibility index (Phi) is 3.01. The van der Waals surface area contributed by atoms with E-state index in [0.29, 0.717) is 11.8 Å². The Labute approximate surface area is 101 Å². The summed E-state index contributed by atoms with van der Waals surface area (Å²) < 4.78 is 6.53. The van der Waals surface area contributed by atoms with Gasteiger partial charge in [-0.05, 0) is 41.1 Å². The summed E-state index contributed by atoms with van der Waals surface area (Å²) in [7, 11) is 0. The second-order valence-corrected chi connectivity index (χ2v) is 4.22. The van der Waals surface area contributed by atoms with E-state index in [9.17, 15) is 0 Å². The summed E-state index contributed by atoms with van der Waals surface area (Å²) in [5.74, 6) is 0.992. The van der Waals surface area contributed by atoms with E-state index in [-0.39, 0.29) is 6.54 Å². The molecule has 1 aromatic heterocycles. The van der Waals surface area contributed by atoms with E-state index < -0.39 is 0 Å². The van der Waals surface area contributed by atoms with Crippen LogP contribution in [0.15, 0.2) is 22.6 Å². The smallest absolute Gasteiger partial charge is 0.248 e. The molecule has 5 heteroatoms. The third kappa shape index (κ3) is 2.03. The molecule has 2 N–H and O–H groups in total. The number of hydrogen-bond acceptors (Lipinski definition) is 4. The maximum Gasteiger partial charge on any atom is 0.248 e. The van der Waals surface area contributed by atoms with E-state index in [4.69, 9.17) is 10.2 Å². The quantitative estimate of drug-likeness (QED) is 0.862. The highest BCUT2D eigenvalue weighted by atomic mass is 127. The van der Waals surface area contributed by atoms with Crippen LogP contribution >= 0.6 is 22.6 Å². The van der Waals surface area contributed by atoms with Crippen LogP contribution in [-0.4, -0.2) is 10.2 Å². The fourth-order valence-electron chi connectivity index (χ4n) is 1.26. The molecule has 0 aliphatic heterocycles. The van der Waals surface area contributed by atoms with Gasteiger partial charge in [-0.25, -0.2) is 0 Å². The second kappa shape index (κ2) is 4.28. The van der Waals surface area contributed by atoms with Crippen molar-refractivity contribution in [2.24, 2.45) is 5.73 Å². The van der Waals surface area contributed by atoms with Crippen LogP contribution in [0.1, 0.15) is 11.5 Å². The average Bonchev–Trinajstić information content (AvgIpc) is 2.70. The Morgan fingerprint density at radius 2 is 2.20 bits per heavy atom. The minimum atomic E-state index is 0.273. The predicted molar refractivity (Wildman–Crippen MR) is 65.1 cm³/mol. The zero-order valence-corrected chi connectivity index (χ0v) is 10.4. The van der Waals surface area contributed by atoms with Crippen molar-refractivity contribution in [2.75, 3.05) is 0 Å². The highest BCUT2D eigenvalue weighted by molar-refractivity contribution is 14.1. The van der Waals surface area contributed by atoms with Gasteiger partial charge in [0, 0.05) is 3.57 Å². The molecule has 0 atom stereocenters. The molecular formula is C10H10IN3O. The number of nitrogens with zero attached hydrogens (tertiary/aromatic N) is 2. The largest absolute Gasteiger partial charge is 0.419 e. The molecule has 1 heterocycles. The maximum absolute atomic E-state index is 5.41. The molecule has 0 bridgehead atoms. The number of hydrogen-bond donors (Lipinski definition) is 1. The van der Waals surface area contributed by atoms with Crippen molar-refractivity contribution in [2.45, 2.75) is 13.5 Å². The van der Waals surface area contributed by atoms with Crippen LogP contribution < -0.4 is 5.73 Å². The Bertz CT molecular complexity index is 481. The molecule has 0 saturated heterocycles. The summed E-state index contributed by atoms with van der Waals surface area (Å²) >= 11 is 2.27. The second-order valence-electron chi connectivity index (χ2n) is 3.14. The van der Waals surface area contributed by atoms with Gasteiger partial charge in [0.15, 0.2) is 0 Å². The van der Waals surface area contributed by atoms with Crippen molar-refractivity contribution in [3.8, 4) is 11.5 Å². The first kappa shape index (κ1) is 10.6. The molecule has 0 aliphatic carbocycles. The normalized spacial score (nSPS) is 10.6. The van der Waals surface area contributed by atoms with Gasteiger partial charge in [-0.3, -0.25) is 0 Å². The van der Waals surface area contributed by atoms with E-state index in [1.807, 2.05) is 25.1 Å². The van der Waals surface area contributed by atoms with Crippen molar-refractivity contribution in [3.63, 3.8) is 0 Å². The van der Waals surface area contributed by atoms with Gasteiger partial charge in [0.1, 0.15) is 0 Å². The lowest BCUT2D eigenvalue weighted by molar-refractivity contribution is 0.508. The third-order valence-corrected chi connectivity index (χ3v) is 3.50. The van der Waals surface area contributed by atoms with E-state index in [1.54, 1.807) is 0 Å². The molecule has 0 unspecified atom stereocenters. The Balaban J connectivity index is 2.49. The van der Waals surface area contributed by atoms with Gasteiger partial charge in [-0.2, -0.15) is 0 Å². The van der Waals surface area contributed by atoms with E-state index in [1.165, 1.54) is 5.56 Å². The number of halogens is 1. The molecule has 0 spiro atoms. The van der Waals surface area contributed by atoms with Gasteiger partial charge in [0.05, 0.1) is 12.1 Å². The standard InChI is InChI=1S/C10H10IN3O/c1-6-3-2-4-7(9(6)11)10-14-13-8(5-12)15-10/h2-4H,5,12H2,1H3. The van der Waals surface area contributed by atoms with Crippen LogP contribution in [-0.2, 0) is 6.54 Å². The number of nitrogens with two attached hydrogens (primary N) is 1. The van der Waals surface area contributed by atoms with E-state index in [2.05, 4.69) is 32.8 Å². The summed E-state index contributed by atoms with van der Waals surface area (Å²) in [4.78, 5) is 0. The minimum Gasteiger partial charge on any atom is -0.419 e. The van der Waals surface area contributed by atoms with Crippen molar-refractivity contribution in [1.29, 1.82) is 0 Å². The zero-order valence-electron chi connectivity index (χ0n) is 8.20. The van der Waals surface area contributed by atoms with Gasteiger partial charge in [-0.1, -0.05) is 12.1 Å². The Morgan fingerprint density at radius 1 is 1.40 bits per heavy atom. The summed E-state index contributed by atoms with van der Waals surface area (Å²) in [6.07, 6.45) is 0. The molecule has 0 fully saturated rings. The molecule has 4 nitrogen and oxygen atoms in total. The molecule has 0 aliphatic rings. The lowest BCUT2D eigenvalue weighted by Gasteiger charge is -2.01. The van der Waals surface area contributed by atoms with Crippen LogP contribution in [0.25, 0.3) is 11.5 Å². The van der Waals surface area contributed by atoms with Crippen molar-refractivity contribution < 1.29 is 4.42 Å². The van der Waals surface area contributed by atoms with Crippen LogP contribution in [0, 0.1) is 10.5 Å². The predicted octanol–water partition coefficient (Wildman–Crippen LogP) is 2.11. The highest BCUT2D eigenvalue weighted by Crippen LogP contribution is 2.26. The summed E-state index contributed by atoms with van der Waals surface area (Å²) in [6, 6.07) is 5.98. The first-order valence-corrected chi connectivity index (χ1v) is 5.58. The third-order valence-electron chi connectivity index (χ3n) is 2.06. The number of aryl methyl sites for hydroxylation is 1. The molecule has 0 saturated carbocycles. The first-order valence-electron chi connectivity index (χ1n) is 4.50. The molecule has 0 amide bonds. The van der Waals surface area contributed by atoms with Gasteiger partial charge in [0.25, 0.3) is 0 Å². The molecule has 15 heavy (non-hydrogen) atoms. The summed E-state index contributed by atoms with van der Waals surface area (Å²) in [5.41, 5.74) is 7.57. The topological polar surface area (TPSA) is 64.9 Å². The lowest BCUT2D eigenvalue weighted by Crippen LogP contribution is -1.95. The highest BCUT2D eigenvalue weighted by Gasteiger charge is 2.11. The van der Waals surface area contributed by atoms with Crippen molar-refractivity contribution in [1.82, 2.24) is 10.2 Å².